The van der Waals surface area contributed by atoms with E-state index in [0.717, 1.165) is 41.0 Å². The van der Waals surface area contributed by atoms with E-state index in [0.29, 0.717) is 23.5 Å². The summed E-state index contributed by atoms with van der Waals surface area (Å²) >= 11 is 0. The largest absolute Gasteiger partial charge is 0.494 e. The van der Waals surface area contributed by atoms with E-state index in [1.54, 1.807) is 0 Å². The minimum Gasteiger partial charge on any atom is -0.494 e. The maximum absolute atomic E-state index is 12.9. The smallest absolute Gasteiger partial charge is 0.251 e. The average molecular weight is 591 g/mol. The molecule has 0 aliphatic rings. The molecule has 6 heteroatoms. The summed E-state index contributed by atoms with van der Waals surface area (Å²) in [5, 5.41) is 3.03. The topological polar surface area (TPSA) is 90.1 Å². The van der Waals surface area contributed by atoms with Crippen LogP contribution in [0.25, 0.3) is 22.5 Å². The summed E-state index contributed by atoms with van der Waals surface area (Å²) in [7, 11) is 0. The van der Waals surface area contributed by atoms with Gasteiger partial charge in [0.2, 0.25) is 0 Å². The normalized spacial score (nSPS) is 12.0. The molecule has 0 bridgehead atoms. The predicted molar refractivity (Wildman–Crippen MR) is 181 cm³/mol. The summed E-state index contributed by atoms with van der Waals surface area (Å²) in [4.78, 5) is 22.2. The van der Waals surface area contributed by atoms with E-state index in [1.165, 1.54) is 31.2 Å². The Balaban J connectivity index is 1.32. The van der Waals surface area contributed by atoms with Gasteiger partial charge in [-0.3, -0.25) is 4.79 Å². The molecule has 0 saturated carbocycles. The van der Waals surface area contributed by atoms with Gasteiger partial charge in [0, 0.05) is 34.8 Å². The number of hydrogen-bond donors (Lipinski definition) is 2. The fourth-order valence-electron chi connectivity index (χ4n) is 4.93. The maximum Gasteiger partial charge on any atom is 0.251 e. The fourth-order valence-corrected chi connectivity index (χ4v) is 4.93. The molecule has 0 radical (unpaired) electrons. The molecular formula is C38H46N4O2. The number of nitrogens with zero attached hydrogens (tertiary/aromatic N) is 2. The van der Waals surface area contributed by atoms with Crippen molar-refractivity contribution in [2.24, 2.45) is 5.73 Å². The van der Waals surface area contributed by atoms with E-state index in [2.05, 4.69) is 49.6 Å². The number of unbranched alkanes of at least 4 members (excludes halogenated alkanes) is 4. The highest BCUT2D eigenvalue weighted by molar-refractivity contribution is 5.94. The summed E-state index contributed by atoms with van der Waals surface area (Å²) in [5.74, 6) is 1.36. The maximum atomic E-state index is 12.9. The number of nitrogens with two attached hydrogens (primary N) is 1. The van der Waals surface area contributed by atoms with Crippen LogP contribution >= 0.6 is 0 Å². The van der Waals surface area contributed by atoms with Crippen LogP contribution < -0.4 is 15.8 Å². The van der Waals surface area contributed by atoms with Crippen molar-refractivity contribution < 1.29 is 9.53 Å². The lowest BCUT2D eigenvalue weighted by molar-refractivity contribution is 0.0942. The predicted octanol–water partition coefficient (Wildman–Crippen LogP) is 8.27. The first kappa shape index (κ1) is 32.5. The first-order chi connectivity index (χ1) is 21.1. The zero-order valence-electron chi connectivity index (χ0n) is 26.6. The van der Waals surface area contributed by atoms with Gasteiger partial charge in [-0.1, -0.05) is 108 Å². The molecule has 0 fully saturated rings. The van der Waals surface area contributed by atoms with Gasteiger partial charge in [0.05, 0.1) is 12.6 Å². The molecule has 1 amide bonds. The average Bonchev–Trinajstić information content (AvgIpc) is 3.03. The number of carbonyl (C=O) groups is 1. The molecule has 230 valence electrons. The van der Waals surface area contributed by atoms with Crippen LogP contribution in [-0.4, -0.2) is 28.5 Å². The molecule has 3 N–H and O–H groups in total. The van der Waals surface area contributed by atoms with Gasteiger partial charge in [0.25, 0.3) is 5.91 Å². The van der Waals surface area contributed by atoms with E-state index >= 15 is 0 Å². The van der Waals surface area contributed by atoms with Crippen molar-refractivity contribution >= 4 is 5.91 Å². The molecule has 0 saturated heterocycles. The molecule has 3 aromatic carbocycles. The van der Waals surface area contributed by atoms with Gasteiger partial charge in [-0.25, -0.2) is 9.97 Å². The van der Waals surface area contributed by atoms with Crippen molar-refractivity contribution in [3.05, 3.63) is 114 Å². The molecule has 0 aliphatic carbocycles. The number of carbonyl (C=O) groups excluding carboxylic acids is 1. The Labute approximate surface area is 262 Å². The lowest BCUT2D eigenvalue weighted by atomic mass is 9.86. The summed E-state index contributed by atoms with van der Waals surface area (Å²) in [6.07, 6.45) is 10.3. The van der Waals surface area contributed by atoms with Crippen LogP contribution in [0.1, 0.15) is 81.3 Å². The number of aromatic nitrogens is 2. The Kier molecular flexibility index (Phi) is 11.3. The van der Waals surface area contributed by atoms with Crippen LogP contribution in [0.4, 0.5) is 0 Å². The zero-order chi connectivity index (χ0) is 31.5. The second-order valence-corrected chi connectivity index (χ2v) is 12.4. The highest BCUT2D eigenvalue weighted by atomic mass is 16.5. The third-order valence-electron chi connectivity index (χ3n) is 7.77. The highest BCUT2D eigenvalue weighted by Gasteiger charge is 2.18. The molecule has 1 heterocycles. The van der Waals surface area contributed by atoms with Gasteiger partial charge in [-0.05, 0) is 59.2 Å². The second-order valence-electron chi connectivity index (χ2n) is 12.4. The molecule has 1 aromatic heterocycles. The lowest BCUT2D eigenvalue weighted by Gasteiger charge is -2.21. The lowest BCUT2D eigenvalue weighted by Crippen LogP contribution is -2.40. The number of hydrogen-bond acceptors (Lipinski definition) is 5. The van der Waals surface area contributed by atoms with Gasteiger partial charge >= 0.3 is 0 Å². The van der Waals surface area contributed by atoms with Gasteiger partial charge in [0.1, 0.15) is 5.75 Å². The highest BCUT2D eigenvalue weighted by Crippen LogP contribution is 2.25. The monoisotopic (exact) mass is 590 g/mol. The van der Waals surface area contributed by atoms with Crippen molar-refractivity contribution in [3.63, 3.8) is 0 Å². The van der Waals surface area contributed by atoms with Crippen LogP contribution in [0.15, 0.2) is 97.5 Å². The third-order valence-corrected chi connectivity index (χ3v) is 7.77. The Morgan fingerprint density at radius 2 is 1.45 bits per heavy atom. The Morgan fingerprint density at radius 3 is 2.05 bits per heavy atom. The van der Waals surface area contributed by atoms with Crippen molar-refractivity contribution in [2.45, 2.75) is 77.7 Å². The first-order valence-corrected chi connectivity index (χ1v) is 15.6. The quantitative estimate of drug-likeness (QED) is 0.144. The Morgan fingerprint density at radius 1 is 0.841 bits per heavy atom. The van der Waals surface area contributed by atoms with Gasteiger partial charge < -0.3 is 15.8 Å². The van der Waals surface area contributed by atoms with Crippen LogP contribution in [0.2, 0.25) is 0 Å². The second kappa shape index (κ2) is 15.3. The van der Waals surface area contributed by atoms with Crippen LogP contribution in [0.3, 0.4) is 0 Å². The number of rotatable bonds is 14. The Hall–Kier alpha value is -4.45. The number of amides is 1. The molecule has 1 atom stereocenters. The Bertz CT molecular complexity index is 1490. The molecule has 44 heavy (non-hydrogen) atoms. The standard InChI is InChI=1S/C38H46N4O2/c1-6-7-8-9-10-23-44-34-21-17-29(18-22-34)32-25-40-36(41-26-32)30-13-11-28(12-14-30)24-35(27(2)39)42-37(43)31-15-19-33(20-16-31)38(3,4)5/h11-22,25-26,35H,2,6-10,23-24,39H2,1,3-5H3,(H,42,43)/t35-/m0/s1. The third kappa shape index (κ3) is 9.27. The van der Waals surface area contributed by atoms with Gasteiger partial charge in [-0.2, -0.15) is 0 Å². The van der Waals surface area contributed by atoms with Crippen molar-refractivity contribution in [1.29, 1.82) is 0 Å². The SMILES string of the molecule is C=C(N)[C@H](Cc1ccc(-c2ncc(-c3ccc(OCCCCCCC)cc3)cn2)cc1)NC(=O)c1ccc(C(C)(C)C)cc1. The van der Waals surface area contributed by atoms with E-state index in [4.69, 9.17) is 10.5 Å². The van der Waals surface area contributed by atoms with Crippen LogP contribution in [0.5, 0.6) is 5.75 Å². The van der Waals surface area contributed by atoms with Crippen LogP contribution in [0, 0.1) is 0 Å². The first-order valence-electron chi connectivity index (χ1n) is 15.6. The molecular weight excluding hydrogens is 544 g/mol. The molecule has 4 rings (SSSR count). The van der Waals surface area contributed by atoms with E-state index in [-0.39, 0.29) is 11.3 Å². The molecule has 6 nitrogen and oxygen atoms in total. The summed E-state index contributed by atoms with van der Waals surface area (Å²) in [6.45, 7) is 13.3. The van der Waals surface area contributed by atoms with E-state index < -0.39 is 6.04 Å². The summed E-state index contributed by atoms with van der Waals surface area (Å²) < 4.78 is 5.89. The minimum absolute atomic E-state index is 0.0248. The molecule has 0 aliphatic heterocycles. The number of benzene rings is 3. The molecule has 0 spiro atoms. The molecule has 0 unspecified atom stereocenters. The number of ether oxygens (including phenoxy) is 1. The van der Waals surface area contributed by atoms with Crippen LogP contribution in [-0.2, 0) is 11.8 Å². The molecule has 4 aromatic rings. The van der Waals surface area contributed by atoms with Gasteiger partial charge in [-0.15, -0.1) is 0 Å². The zero-order valence-corrected chi connectivity index (χ0v) is 26.6. The number of nitrogens with one attached hydrogen (secondary N) is 1. The van der Waals surface area contributed by atoms with Crippen molar-refractivity contribution in [3.8, 4) is 28.3 Å². The van der Waals surface area contributed by atoms with E-state index in [1.807, 2.05) is 85.2 Å². The minimum atomic E-state index is -0.395. The fraction of sp³-hybridized carbons (Fsp3) is 0.342. The summed E-state index contributed by atoms with van der Waals surface area (Å²) in [5.41, 5.74) is 12.2. The summed E-state index contributed by atoms with van der Waals surface area (Å²) in [6, 6.07) is 23.4. The van der Waals surface area contributed by atoms with E-state index in [9.17, 15) is 4.79 Å². The van der Waals surface area contributed by atoms with Crippen molar-refractivity contribution in [2.75, 3.05) is 6.61 Å². The van der Waals surface area contributed by atoms with Crippen molar-refractivity contribution in [1.82, 2.24) is 15.3 Å². The van der Waals surface area contributed by atoms with Gasteiger partial charge in [0.15, 0.2) is 5.82 Å².